The Morgan fingerprint density at radius 3 is 2.04 bits per heavy atom. The second-order valence-electron chi connectivity index (χ2n) is 19.8. The summed E-state index contributed by atoms with van der Waals surface area (Å²) in [4.78, 5) is 129. The number of aliphatic hydroxyl groups excluding tert-OH is 2. The van der Waals surface area contributed by atoms with Gasteiger partial charge in [-0.2, -0.15) is 0 Å². The number of esters is 1. The van der Waals surface area contributed by atoms with Crippen LogP contribution in [0.3, 0.4) is 0 Å². The van der Waals surface area contributed by atoms with Gasteiger partial charge in [0, 0.05) is 26.3 Å². The summed E-state index contributed by atoms with van der Waals surface area (Å²) < 4.78 is 5.94. The molecule has 21 nitrogen and oxygen atoms in total. The number of phenols is 1. The van der Waals surface area contributed by atoms with Crippen LogP contribution in [0.15, 0.2) is 54.6 Å². The number of hydrogen-bond donors (Lipinski definition) is 9. The first-order valence-corrected chi connectivity index (χ1v) is 24.7. The molecule has 0 saturated carbocycles. The molecule has 72 heavy (non-hydrogen) atoms. The van der Waals surface area contributed by atoms with Crippen molar-refractivity contribution in [3.8, 4) is 5.75 Å². The summed E-state index contributed by atoms with van der Waals surface area (Å²) >= 11 is 0. The molecule has 2 aromatic rings. The number of nitrogens with zero attached hydrogens (tertiary/aromatic N) is 2. The van der Waals surface area contributed by atoms with E-state index in [0.717, 1.165) is 4.90 Å². The molecule has 0 aromatic heterocycles. The van der Waals surface area contributed by atoms with Crippen molar-refractivity contribution < 1.29 is 63.2 Å². The smallest absolute Gasteiger partial charge is 0.329 e. The fourth-order valence-corrected chi connectivity index (χ4v) is 8.71. The molecule has 2 heterocycles. The Morgan fingerprint density at radius 2 is 1.44 bits per heavy atom. The number of phenolic OH excluding ortho intramolecular Hbond substituents is 1. The van der Waals surface area contributed by atoms with Gasteiger partial charge in [-0.25, -0.2) is 4.79 Å². The van der Waals surface area contributed by atoms with Crippen molar-refractivity contribution in [2.45, 2.75) is 167 Å². The second-order valence-corrected chi connectivity index (χ2v) is 19.8. The Bertz CT molecular complexity index is 2230. The molecule has 2 bridgehead atoms. The van der Waals surface area contributed by atoms with Gasteiger partial charge in [-0.1, -0.05) is 90.4 Å². The first-order valence-electron chi connectivity index (χ1n) is 24.7. The summed E-state index contributed by atoms with van der Waals surface area (Å²) in [5.74, 6) is -9.14. The van der Waals surface area contributed by atoms with Crippen molar-refractivity contribution in [1.29, 1.82) is 0 Å². The summed E-state index contributed by atoms with van der Waals surface area (Å²) in [6.45, 7) is 11.9. The van der Waals surface area contributed by atoms with E-state index in [1.807, 2.05) is 13.8 Å². The maximum atomic E-state index is 14.8. The van der Waals surface area contributed by atoms with Crippen molar-refractivity contribution in [1.82, 2.24) is 36.4 Å². The maximum absolute atomic E-state index is 14.8. The standard InChI is InChI=1S/C51H74N8O13/c1-9-29(6)42-51(71)72-30(7)43(57-44(64)34(19-21-40(52)62)53-47(67)39(61)26-32-15-17-33(60)18-16-32)48(68)55-36(23-27(2)3)45(65)54-35-20-22-41(63)59(49(35)69)38(24-28(4)5)50(70)58(8)37(46(66)56-42)25-31-13-11-10-12-14-31/h10-18,27-30,34-39,41-43,60-61,63H,9,19-26H2,1-8H3,(H2,52,62)(H,53,67)(H,54,65)(H,55,68)(H,56,66)(H,57,64)/t29-,30+,34?,35+,36+,37+,38+,39+,41-,42?,43+/m0/s1. The molecule has 0 radical (unpaired) electrons. The number of rotatable bonds is 17. The van der Waals surface area contributed by atoms with Gasteiger partial charge in [0.1, 0.15) is 66.5 Å². The van der Waals surface area contributed by atoms with E-state index in [9.17, 15) is 58.5 Å². The molecule has 2 aromatic carbocycles. The lowest BCUT2D eigenvalue weighted by Gasteiger charge is -2.43. The van der Waals surface area contributed by atoms with Gasteiger partial charge in [-0.05, 0) is 80.0 Å². The third-order valence-electron chi connectivity index (χ3n) is 13.0. The molecule has 4 rings (SSSR count). The molecule has 10 N–H and O–H groups in total. The average molecular weight is 1010 g/mol. The zero-order valence-corrected chi connectivity index (χ0v) is 42.5. The molecule has 2 saturated heterocycles. The monoisotopic (exact) mass is 1010 g/mol. The topological polar surface area (TPSA) is 316 Å². The highest BCUT2D eigenvalue weighted by atomic mass is 16.5. The lowest BCUT2D eigenvalue weighted by atomic mass is 9.94. The highest BCUT2D eigenvalue weighted by Crippen LogP contribution is 2.27. The molecule has 2 unspecified atom stereocenters. The number of fused-ring (bicyclic) bond motifs is 2. The van der Waals surface area contributed by atoms with Crippen molar-refractivity contribution >= 4 is 53.2 Å². The van der Waals surface area contributed by atoms with Gasteiger partial charge < -0.3 is 62.2 Å². The number of aromatic hydroxyl groups is 1. The van der Waals surface area contributed by atoms with Crippen LogP contribution in [0.25, 0.3) is 0 Å². The SMILES string of the molecule is CC[C@H](C)C1NC(=O)[C@@H](Cc2ccccc2)N(C)C(=O)[C@@H](CC(C)C)N2C(=O)[C@@H](CC[C@@H]2O)NC(=O)[C@@H](CC(C)C)NC(=O)[C@H](NC(=O)C(CCC(N)=O)NC(=O)[C@H](O)Cc2ccc(O)cc2)[C@@H](C)OC1=O. The minimum atomic E-state index is -1.83. The highest BCUT2D eigenvalue weighted by Gasteiger charge is 2.46. The normalized spacial score (nSPS) is 25.2. The Morgan fingerprint density at radius 1 is 0.806 bits per heavy atom. The maximum Gasteiger partial charge on any atom is 0.329 e. The quantitative estimate of drug-likeness (QED) is 0.0974. The summed E-state index contributed by atoms with van der Waals surface area (Å²) in [5, 5.41) is 45.0. The number of carbonyl (C=O) groups excluding carboxylic acids is 9. The van der Waals surface area contributed by atoms with Gasteiger partial charge in [0.05, 0.1) is 0 Å². The molecule has 21 heteroatoms. The van der Waals surface area contributed by atoms with E-state index >= 15 is 0 Å². The zero-order chi connectivity index (χ0) is 53.6. The average Bonchev–Trinajstić information content (AvgIpc) is 3.32. The highest BCUT2D eigenvalue weighted by molar-refractivity contribution is 5.98. The van der Waals surface area contributed by atoms with E-state index < -0.39 is 133 Å². The molecule has 2 aliphatic heterocycles. The third kappa shape index (κ3) is 16.2. The zero-order valence-electron chi connectivity index (χ0n) is 42.5. The molecular weight excluding hydrogens is 933 g/mol. The molecular formula is C51H74N8O13. The first-order chi connectivity index (χ1) is 33.9. The largest absolute Gasteiger partial charge is 0.508 e. The second kappa shape index (κ2) is 26.7. The predicted molar refractivity (Wildman–Crippen MR) is 262 cm³/mol. The van der Waals surface area contributed by atoms with Crippen LogP contribution >= 0.6 is 0 Å². The number of cyclic esters (lactones) is 1. The lowest BCUT2D eigenvalue weighted by molar-refractivity contribution is -0.166. The number of aliphatic hydroxyl groups is 2. The van der Waals surface area contributed by atoms with Gasteiger partial charge in [-0.3, -0.25) is 38.4 Å². The van der Waals surface area contributed by atoms with Crippen molar-refractivity contribution in [2.75, 3.05) is 7.05 Å². The number of primary amides is 1. The minimum Gasteiger partial charge on any atom is -0.508 e. The number of piperidine rings is 1. The minimum absolute atomic E-state index is 0.0000496. The van der Waals surface area contributed by atoms with Crippen LogP contribution in [0.5, 0.6) is 5.75 Å². The summed E-state index contributed by atoms with van der Waals surface area (Å²) in [6.07, 6.45) is -5.52. The number of likely N-dealkylation sites (N-methyl/N-ethyl adjacent to an activating group) is 1. The van der Waals surface area contributed by atoms with Gasteiger partial charge in [0.25, 0.3) is 0 Å². The molecule has 396 valence electrons. The first kappa shape index (κ1) is 58.0. The Labute approximate surface area is 420 Å². The number of nitrogens with two attached hydrogens (primary N) is 1. The third-order valence-corrected chi connectivity index (χ3v) is 13.0. The summed E-state index contributed by atoms with van der Waals surface area (Å²) in [7, 11) is 1.40. The van der Waals surface area contributed by atoms with E-state index in [0.29, 0.717) is 17.5 Å². The van der Waals surface area contributed by atoms with Crippen LogP contribution in [0.1, 0.15) is 105 Å². The number of ether oxygens (including phenoxy) is 1. The number of hydrogen-bond acceptors (Lipinski definition) is 13. The molecule has 8 amide bonds. The van der Waals surface area contributed by atoms with Crippen LogP contribution in [0, 0.1) is 17.8 Å². The fourth-order valence-electron chi connectivity index (χ4n) is 8.71. The lowest BCUT2D eigenvalue weighted by Crippen LogP contribution is -2.65. The predicted octanol–water partition coefficient (Wildman–Crippen LogP) is 0.448. The number of amides is 8. The molecule has 2 aliphatic rings. The van der Waals surface area contributed by atoms with Crippen LogP contribution in [0.4, 0.5) is 0 Å². The van der Waals surface area contributed by atoms with Crippen LogP contribution < -0.4 is 32.3 Å². The van der Waals surface area contributed by atoms with Gasteiger partial charge in [-0.15, -0.1) is 0 Å². The van der Waals surface area contributed by atoms with E-state index in [1.54, 1.807) is 58.0 Å². The van der Waals surface area contributed by atoms with Gasteiger partial charge >= 0.3 is 5.97 Å². The van der Waals surface area contributed by atoms with Crippen molar-refractivity contribution in [3.05, 3.63) is 65.7 Å². The van der Waals surface area contributed by atoms with Crippen LogP contribution in [-0.2, 0) is 60.7 Å². The van der Waals surface area contributed by atoms with Gasteiger partial charge in [0.2, 0.25) is 47.3 Å². The molecule has 0 aliphatic carbocycles. The summed E-state index contributed by atoms with van der Waals surface area (Å²) in [5.41, 5.74) is 6.54. The summed E-state index contributed by atoms with van der Waals surface area (Å²) in [6, 6.07) is 4.42. The Balaban J connectivity index is 1.83. The van der Waals surface area contributed by atoms with Crippen LogP contribution in [0.2, 0.25) is 0 Å². The number of nitrogens with one attached hydrogen (secondary N) is 5. The van der Waals surface area contributed by atoms with E-state index in [4.69, 9.17) is 10.5 Å². The molecule has 0 spiro atoms. The fraction of sp³-hybridized carbons (Fsp3) is 0.588. The Hall–Kier alpha value is -6.61. The van der Waals surface area contributed by atoms with E-state index in [-0.39, 0.29) is 56.1 Å². The molecule has 2 fully saturated rings. The van der Waals surface area contributed by atoms with Crippen molar-refractivity contribution in [3.63, 3.8) is 0 Å². The van der Waals surface area contributed by atoms with E-state index in [2.05, 4.69) is 26.6 Å². The van der Waals surface area contributed by atoms with Crippen molar-refractivity contribution in [2.24, 2.45) is 23.5 Å². The Kier molecular flexibility index (Phi) is 21.5. The van der Waals surface area contributed by atoms with Crippen LogP contribution in [-0.4, -0.2) is 146 Å². The number of benzene rings is 2. The molecule has 11 atom stereocenters. The van der Waals surface area contributed by atoms with Gasteiger partial charge in [0.15, 0.2) is 0 Å². The number of carbonyl (C=O) groups is 9. The van der Waals surface area contributed by atoms with E-state index in [1.165, 1.54) is 43.1 Å².